The zero-order valence-electron chi connectivity index (χ0n) is 17.6. The highest BCUT2D eigenvalue weighted by molar-refractivity contribution is 5.91. The van der Waals surface area contributed by atoms with Gasteiger partial charge in [-0.2, -0.15) is 0 Å². The lowest BCUT2D eigenvalue weighted by atomic mass is 9.53. The van der Waals surface area contributed by atoms with Crippen LogP contribution in [0.3, 0.4) is 0 Å². The normalized spacial score (nSPS) is 47.1. The van der Waals surface area contributed by atoms with Crippen molar-refractivity contribution in [2.24, 2.45) is 28.6 Å². The monoisotopic (exact) mass is 372 g/mol. The molecule has 2 saturated carbocycles. The summed E-state index contributed by atoms with van der Waals surface area (Å²) < 4.78 is 6.09. The Morgan fingerprint density at radius 1 is 1.15 bits per heavy atom. The number of hydrogen-bond donors (Lipinski definition) is 0. The van der Waals surface area contributed by atoms with Crippen molar-refractivity contribution in [1.29, 1.82) is 0 Å². The average Bonchev–Trinajstić information content (AvgIpc) is 3.11. The molecule has 0 aromatic carbocycles. The molecule has 0 amide bonds. The van der Waals surface area contributed by atoms with Gasteiger partial charge in [0.2, 0.25) is 0 Å². The van der Waals surface area contributed by atoms with E-state index < -0.39 is 0 Å². The second kappa shape index (κ2) is 6.46. The number of esters is 1. The number of hydrogen-bond acceptors (Lipinski definition) is 3. The molecule has 1 heterocycles. The summed E-state index contributed by atoms with van der Waals surface area (Å²) in [5.74, 6) is 2.22. The van der Waals surface area contributed by atoms with E-state index in [4.69, 9.17) is 4.74 Å². The van der Waals surface area contributed by atoms with Crippen LogP contribution >= 0.6 is 0 Å². The van der Waals surface area contributed by atoms with Crippen LogP contribution in [-0.2, 0) is 14.3 Å². The van der Waals surface area contributed by atoms with Gasteiger partial charge >= 0.3 is 5.97 Å². The van der Waals surface area contributed by atoms with Gasteiger partial charge in [0.15, 0.2) is 5.78 Å². The Hall–Kier alpha value is -1.12. The van der Waals surface area contributed by atoms with Crippen molar-refractivity contribution in [2.45, 2.75) is 97.5 Å². The van der Waals surface area contributed by atoms with Crippen LogP contribution in [0.15, 0.2) is 11.6 Å². The summed E-state index contributed by atoms with van der Waals surface area (Å²) in [7, 11) is 0. The molecule has 4 aliphatic rings. The van der Waals surface area contributed by atoms with Crippen LogP contribution in [0.5, 0.6) is 0 Å². The largest absolute Gasteiger partial charge is 0.458 e. The van der Waals surface area contributed by atoms with Gasteiger partial charge in [-0.3, -0.25) is 9.59 Å². The van der Waals surface area contributed by atoms with Crippen molar-refractivity contribution in [1.82, 2.24) is 0 Å². The Kier molecular flexibility index (Phi) is 4.59. The molecule has 0 N–H and O–H groups in total. The third kappa shape index (κ3) is 2.83. The van der Waals surface area contributed by atoms with Crippen molar-refractivity contribution in [3.05, 3.63) is 11.6 Å². The van der Waals surface area contributed by atoms with Crippen LogP contribution in [-0.4, -0.2) is 17.4 Å². The Morgan fingerprint density at radius 2 is 1.93 bits per heavy atom. The third-order valence-corrected chi connectivity index (χ3v) is 9.04. The van der Waals surface area contributed by atoms with Crippen LogP contribution in [0.2, 0.25) is 0 Å². The standard InChI is InChI=1S/C24H36O3/c1-5-9-23(4)20(7-11-24(23)12-8-21(26)27-24)19-15-22(3)10-6-18(25)14-17(22)13-16(19)2/h14,16,19-20H,5-13,15H2,1-4H3/t16-,19?,20?,22-,23+,24-/m1/s1. The molecule has 4 rings (SSSR count). The summed E-state index contributed by atoms with van der Waals surface area (Å²) in [6.45, 7) is 9.48. The lowest BCUT2D eigenvalue weighted by Gasteiger charge is -2.52. The summed E-state index contributed by atoms with van der Waals surface area (Å²) in [4.78, 5) is 24.0. The van der Waals surface area contributed by atoms with Gasteiger partial charge in [0.25, 0.3) is 0 Å². The predicted octanol–water partition coefficient (Wildman–Crippen LogP) is 5.62. The second-order valence-electron chi connectivity index (χ2n) is 10.5. The lowest BCUT2D eigenvalue weighted by molar-refractivity contribution is -0.161. The molecule has 2 unspecified atom stereocenters. The molecule has 6 atom stereocenters. The third-order valence-electron chi connectivity index (χ3n) is 9.04. The summed E-state index contributed by atoms with van der Waals surface area (Å²) >= 11 is 0. The molecular weight excluding hydrogens is 336 g/mol. The maximum absolute atomic E-state index is 12.1. The molecular formula is C24H36O3. The molecule has 1 aliphatic heterocycles. The molecule has 1 saturated heterocycles. The Labute approximate surface area is 164 Å². The summed E-state index contributed by atoms with van der Waals surface area (Å²) in [5.41, 5.74) is 1.47. The summed E-state index contributed by atoms with van der Waals surface area (Å²) in [5, 5.41) is 0. The maximum atomic E-state index is 12.1. The molecule has 3 heteroatoms. The van der Waals surface area contributed by atoms with Crippen molar-refractivity contribution < 1.29 is 14.3 Å². The Bertz CT molecular complexity index is 679. The first-order chi connectivity index (χ1) is 12.7. The highest BCUT2D eigenvalue weighted by Gasteiger charge is 2.63. The zero-order valence-corrected chi connectivity index (χ0v) is 17.6. The van der Waals surface area contributed by atoms with Crippen LogP contribution in [0, 0.1) is 28.6 Å². The number of ketones is 1. The van der Waals surface area contributed by atoms with E-state index in [9.17, 15) is 9.59 Å². The molecule has 3 aliphatic carbocycles. The molecule has 0 bridgehead atoms. The SMILES string of the molecule is CCC[C@@]1(C)C(C2C[C@@]3(C)CCC(=O)C=C3C[C@H]2C)CC[C@@]12CCC(=O)O2. The van der Waals surface area contributed by atoms with Gasteiger partial charge in [-0.1, -0.05) is 39.7 Å². The van der Waals surface area contributed by atoms with E-state index >= 15 is 0 Å². The van der Waals surface area contributed by atoms with Crippen molar-refractivity contribution in [3.8, 4) is 0 Å². The highest BCUT2D eigenvalue weighted by Crippen LogP contribution is 2.65. The quantitative estimate of drug-likeness (QED) is 0.604. The van der Waals surface area contributed by atoms with Gasteiger partial charge in [-0.05, 0) is 74.2 Å². The van der Waals surface area contributed by atoms with Crippen LogP contribution in [0.25, 0.3) is 0 Å². The van der Waals surface area contributed by atoms with E-state index in [0.29, 0.717) is 36.4 Å². The fraction of sp³-hybridized carbons (Fsp3) is 0.833. The Morgan fingerprint density at radius 3 is 2.59 bits per heavy atom. The van der Waals surface area contributed by atoms with Crippen molar-refractivity contribution in [2.75, 3.05) is 0 Å². The highest BCUT2D eigenvalue weighted by atomic mass is 16.6. The van der Waals surface area contributed by atoms with Gasteiger partial charge in [0, 0.05) is 18.3 Å². The van der Waals surface area contributed by atoms with Gasteiger partial charge in [-0.25, -0.2) is 0 Å². The first-order valence-electron chi connectivity index (χ1n) is 11.2. The fourth-order valence-corrected chi connectivity index (χ4v) is 7.45. The number of allylic oxidation sites excluding steroid dienone is 2. The zero-order chi connectivity index (χ0) is 19.4. The minimum atomic E-state index is -0.218. The van der Waals surface area contributed by atoms with Crippen molar-refractivity contribution in [3.63, 3.8) is 0 Å². The first-order valence-corrected chi connectivity index (χ1v) is 11.2. The molecule has 150 valence electrons. The van der Waals surface area contributed by atoms with E-state index in [2.05, 4.69) is 27.7 Å². The van der Waals surface area contributed by atoms with E-state index in [1.165, 1.54) is 18.4 Å². The number of fused-ring (bicyclic) bond motifs is 1. The smallest absolute Gasteiger partial charge is 0.306 e. The number of carbonyl (C=O) groups excluding carboxylic acids is 2. The van der Waals surface area contributed by atoms with Gasteiger partial charge in [0.1, 0.15) is 5.60 Å². The second-order valence-corrected chi connectivity index (χ2v) is 10.5. The van der Waals surface area contributed by atoms with Gasteiger partial charge in [-0.15, -0.1) is 0 Å². The van der Waals surface area contributed by atoms with Gasteiger partial charge in [0.05, 0.1) is 0 Å². The molecule has 0 aromatic heterocycles. The topological polar surface area (TPSA) is 43.4 Å². The van der Waals surface area contributed by atoms with Crippen molar-refractivity contribution >= 4 is 11.8 Å². The molecule has 3 fully saturated rings. The van der Waals surface area contributed by atoms with Crippen LogP contribution in [0.4, 0.5) is 0 Å². The van der Waals surface area contributed by atoms with Gasteiger partial charge < -0.3 is 4.74 Å². The average molecular weight is 373 g/mol. The minimum Gasteiger partial charge on any atom is -0.458 e. The minimum absolute atomic E-state index is 0.0117. The maximum Gasteiger partial charge on any atom is 0.306 e. The summed E-state index contributed by atoms with van der Waals surface area (Å²) in [6, 6.07) is 0. The fourth-order valence-electron chi connectivity index (χ4n) is 7.45. The predicted molar refractivity (Wildman–Crippen MR) is 106 cm³/mol. The molecule has 0 radical (unpaired) electrons. The van der Waals surface area contributed by atoms with E-state index in [1.54, 1.807) is 0 Å². The van der Waals surface area contributed by atoms with Crippen LogP contribution in [0.1, 0.15) is 91.9 Å². The molecule has 1 spiro atoms. The molecule has 0 aromatic rings. The molecule has 3 nitrogen and oxygen atoms in total. The number of carbonyl (C=O) groups is 2. The first kappa shape index (κ1) is 19.2. The Balaban J connectivity index is 1.65. The number of ether oxygens (including phenoxy) is 1. The van der Waals surface area contributed by atoms with E-state index in [1.807, 2.05) is 6.08 Å². The molecule has 27 heavy (non-hydrogen) atoms. The summed E-state index contributed by atoms with van der Waals surface area (Å²) in [6.07, 6.45) is 12.0. The number of rotatable bonds is 3. The lowest BCUT2D eigenvalue weighted by Crippen LogP contribution is -2.49. The van der Waals surface area contributed by atoms with E-state index in [0.717, 1.165) is 38.5 Å². The van der Waals surface area contributed by atoms with E-state index in [-0.39, 0.29) is 22.4 Å². The van der Waals surface area contributed by atoms with Crippen LogP contribution < -0.4 is 0 Å².